The number of fused-ring (bicyclic) bond motifs is 1. The molecule has 2 aromatic rings. The molecule has 16 heavy (non-hydrogen) atoms. The van der Waals surface area contributed by atoms with Gasteiger partial charge in [0.1, 0.15) is 16.8 Å². The Morgan fingerprint density at radius 1 is 0.812 bits per heavy atom. The van der Waals surface area contributed by atoms with Gasteiger partial charge in [-0.2, -0.15) is 0 Å². The lowest BCUT2D eigenvalue weighted by molar-refractivity contribution is -0.755. The SMILES string of the molecule is C[NH+]([O-])c1cccc2cccc([NH+](C)[O-])c12. The summed E-state index contributed by atoms with van der Waals surface area (Å²) in [5.41, 5.74) is 1.23. The van der Waals surface area contributed by atoms with Gasteiger partial charge in [-0.3, -0.25) is 0 Å². The van der Waals surface area contributed by atoms with E-state index in [1.54, 1.807) is 12.1 Å². The highest BCUT2D eigenvalue weighted by Crippen LogP contribution is 2.25. The zero-order chi connectivity index (χ0) is 11.7. The molecule has 0 amide bonds. The third kappa shape index (κ3) is 1.79. The van der Waals surface area contributed by atoms with E-state index in [1.165, 1.54) is 14.1 Å². The van der Waals surface area contributed by atoms with Crippen molar-refractivity contribution < 1.29 is 10.1 Å². The topological polar surface area (TPSA) is 55.0 Å². The van der Waals surface area contributed by atoms with Crippen LogP contribution in [0.25, 0.3) is 10.8 Å². The van der Waals surface area contributed by atoms with Gasteiger partial charge in [0.05, 0.1) is 14.1 Å². The van der Waals surface area contributed by atoms with Gasteiger partial charge in [-0.05, 0) is 5.39 Å². The first-order valence-corrected chi connectivity index (χ1v) is 5.15. The summed E-state index contributed by atoms with van der Waals surface area (Å²) in [6, 6.07) is 11.0. The first-order valence-electron chi connectivity index (χ1n) is 5.15. The van der Waals surface area contributed by atoms with Crippen molar-refractivity contribution in [2.75, 3.05) is 14.1 Å². The quantitative estimate of drug-likeness (QED) is 0.704. The van der Waals surface area contributed by atoms with Crippen molar-refractivity contribution in [2.24, 2.45) is 0 Å². The third-order valence-electron chi connectivity index (χ3n) is 2.66. The summed E-state index contributed by atoms with van der Waals surface area (Å²) in [5, 5.41) is 24.7. The molecule has 0 saturated carbocycles. The van der Waals surface area contributed by atoms with Crippen LogP contribution in [0, 0.1) is 10.4 Å². The summed E-state index contributed by atoms with van der Waals surface area (Å²) in [6.45, 7) is 0. The number of hydroxylamine groups is 2. The van der Waals surface area contributed by atoms with Crippen LogP contribution in [0.4, 0.5) is 11.4 Å². The highest BCUT2D eigenvalue weighted by Gasteiger charge is 2.12. The van der Waals surface area contributed by atoms with Crippen molar-refractivity contribution >= 4 is 22.1 Å². The molecular weight excluding hydrogens is 204 g/mol. The van der Waals surface area contributed by atoms with Crippen LogP contribution in [-0.2, 0) is 0 Å². The standard InChI is InChI=1S/C12H14N2O2/c1-13(15)10-7-3-5-9-6-4-8-11(12(9)10)14(2)16/h3-8,13-14H,1-2H3. The van der Waals surface area contributed by atoms with Gasteiger partial charge in [-0.1, -0.05) is 24.3 Å². The minimum atomic E-state index is -0.0145. The summed E-state index contributed by atoms with van der Waals surface area (Å²) in [6.07, 6.45) is 0. The molecule has 0 aliphatic rings. The molecule has 0 radical (unpaired) electrons. The Kier molecular flexibility index (Phi) is 2.89. The Morgan fingerprint density at radius 3 is 1.62 bits per heavy atom. The van der Waals surface area contributed by atoms with Crippen LogP contribution in [0.5, 0.6) is 0 Å². The van der Waals surface area contributed by atoms with Crippen LogP contribution in [0.15, 0.2) is 36.4 Å². The van der Waals surface area contributed by atoms with Crippen LogP contribution in [0.3, 0.4) is 0 Å². The number of quaternary nitrogens is 2. The minimum absolute atomic E-state index is 0.0145. The van der Waals surface area contributed by atoms with Gasteiger partial charge in [-0.15, -0.1) is 0 Å². The van der Waals surface area contributed by atoms with Gasteiger partial charge in [0.15, 0.2) is 0 Å². The molecule has 2 N–H and O–H groups in total. The average Bonchev–Trinajstić information content (AvgIpc) is 2.27. The Labute approximate surface area is 93.9 Å². The van der Waals surface area contributed by atoms with E-state index in [1.807, 2.05) is 24.3 Å². The van der Waals surface area contributed by atoms with Crippen LogP contribution >= 0.6 is 0 Å². The number of hydrogen-bond donors (Lipinski definition) is 2. The first-order chi connectivity index (χ1) is 7.61. The van der Waals surface area contributed by atoms with E-state index in [0.717, 1.165) is 10.8 Å². The number of hydrogen-bond acceptors (Lipinski definition) is 2. The number of rotatable bonds is 2. The largest absolute Gasteiger partial charge is 0.629 e. The van der Waals surface area contributed by atoms with E-state index in [-0.39, 0.29) is 10.1 Å². The predicted molar refractivity (Wildman–Crippen MR) is 63.8 cm³/mol. The normalized spacial score (nSPS) is 15.0. The summed E-state index contributed by atoms with van der Waals surface area (Å²) < 4.78 is 0. The maximum Gasteiger partial charge on any atom is 0.144 e. The Morgan fingerprint density at radius 2 is 1.25 bits per heavy atom. The van der Waals surface area contributed by atoms with Crippen molar-refractivity contribution in [2.45, 2.75) is 0 Å². The molecule has 4 nitrogen and oxygen atoms in total. The molecular formula is C12H14N2O2. The van der Waals surface area contributed by atoms with E-state index in [9.17, 15) is 10.4 Å². The Bertz CT molecular complexity index is 467. The number of benzene rings is 2. The van der Waals surface area contributed by atoms with Crippen LogP contribution in [0.1, 0.15) is 0 Å². The van der Waals surface area contributed by atoms with Gasteiger partial charge in [0.25, 0.3) is 0 Å². The second-order valence-electron chi connectivity index (χ2n) is 3.82. The van der Waals surface area contributed by atoms with Crippen molar-refractivity contribution in [3.8, 4) is 0 Å². The fourth-order valence-electron chi connectivity index (χ4n) is 1.93. The van der Waals surface area contributed by atoms with Gasteiger partial charge in [0.2, 0.25) is 0 Å². The fraction of sp³-hybridized carbons (Fsp3) is 0.167. The smallest absolute Gasteiger partial charge is 0.144 e. The molecule has 4 heteroatoms. The second-order valence-corrected chi connectivity index (χ2v) is 3.82. The number of nitrogens with one attached hydrogen (secondary N) is 2. The van der Waals surface area contributed by atoms with Gasteiger partial charge < -0.3 is 20.5 Å². The molecule has 2 atom stereocenters. The molecule has 0 fully saturated rings. The molecule has 2 rings (SSSR count). The molecule has 2 aromatic carbocycles. The van der Waals surface area contributed by atoms with Crippen LogP contribution < -0.4 is 10.1 Å². The van der Waals surface area contributed by atoms with Crippen molar-refractivity contribution in [1.29, 1.82) is 0 Å². The lowest BCUT2D eigenvalue weighted by Gasteiger charge is -2.22. The molecule has 0 aliphatic heterocycles. The van der Waals surface area contributed by atoms with Gasteiger partial charge >= 0.3 is 0 Å². The highest BCUT2D eigenvalue weighted by atomic mass is 16.5. The lowest BCUT2D eigenvalue weighted by Crippen LogP contribution is -3.00. The van der Waals surface area contributed by atoms with E-state index in [4.69, 9.17) is 0 Å². The Hall–Kier alpha value is -1.46. The van der Waals surface area contributed by atoms with Gasteiger partial charge in [-0.25, -0.2) is 0 Å². The highest BCUT2D eigenvalue weighted by molar-refractivity contribution is 5.97. The van der Waals surface area contributed by atoms with Crippen LogP contribution in [0.2, 0.25) is 0 Å². The van der Waals surface area contributed by atoms with E-state index >= 15 is 0 Å². The summed E-state index contributed by atoms with van der Waals surface area (Å²) in [4.78, 5) is 0. The monoisotopic (exact) mass is 218 g/mol. The maximum atomic E-state index is 11.5. The zero-order valence-electron chi connectivity index (χ0n) is 9.28. The predicted octanol–water partition coefficient (Wildman–Crippen LogP) is 0.128. The minimum Gasteiger partial charge on any atom is -0.629 e. The van der Waals surface area contributed by atoms with Crippen molar-refractivity contribution in [1.82, 2.24) is 0 Å². The maximum absolute atomic E-state index is 11.5. The van der Waals surface area contributed by atoms with E-state index in [2.05, 4.69) is 0 Å². The zero-order valence-corrected chi connectivity index (χ0v) is 9.28. The lowest BCUT2D eigenvalue weighted by atomic mass is 10.1. The second kappa shape index (κ2) is 4.19. The molecule has 0 bridgehead atoms. The van der Waals surface area contributed by atoms with Crippen molar-refractivity contribution in [3.63, 3.8) is 0 Å². The molecule has 2 unspecified atom stereocenters. The fourth-order valence-corrected chi connectivity index (χ4v) is 1.93. The van der Waals surface area contributed by atoms with Crippen LogP contribution in [-0.4, -0.2) is 14.1 Å². The summed E-state index contributed by atoms with van der Waals surface area (Å²) >= 11 is 0. The summed E-state index contributed by atoms with van der Waals surface area (Å²) in [7, 11) is 3.04. The van der Waals surface area contributed by atoms with Crippen molar-refractivity contribution in [3.05, 3.63) is 46.8 Å². The first kappa shape index (κ1) is 11.0. The van der Waals surface area contributed by atoms with Gasteiger partial charge in [0, 0.05) is 12.1 Å². The molecule has 0 aliphatic carbocycles. The Balaban J connectivity index is 2.82. The molecule has 0 saturated heterocycles. The molecule has 0 aromatic heterocycles. The molecule has 84 valence electrons. The third-order valence-corrected chi connectivity index (χ3v) is 2.66. The average molecular weight is 218 g/mol. The summed E-state index contributed by atoms with van der Waals surface area (Å²) in [5.74, 6) is 0. The van der Waals surface area contributed by atoms with E-state index < -0.39 is 0 Å². The van der Waals surface area contributed by atoms with E-state index in [0.29, 0.717) is 11.4 Å². The molecule has 0 heterocycles. The molecule has 0 spiro atoms.